The minimum absolute atomic E-state index is 0.367. The first kappa shape index (κ1) is 12.9. The number of aromatic nitrogens is 3. The van der Waals surface area contributed by atoms with E-state index in [1.807, 2.05) is 36.2 Å². The fourth-order valence-corrected chi connectivity index (χ4v) is 4.14. The summed E-state index contributed by atoms with van der Waals surface area (Å²) in [6.07, 6.45) is 3.29. The monoisotopic (exact) mass is 276 g/mol. The van der Waals surface area contributed by atoms with E-state index in [9.17, 15) is 0 Å². The summed E-state index contributed by atoms with van der Waals surface area (Å²) in [5.74, 6) is 3.45. The van der Waals surface area contributed by atoms with Gasteiger partial charge in [-0.25, -0.2) is 0 Å². The summed E-state index contributed by atoms with van der Waals surface area (Å²) in [5.41, 5.74) is 1.28. The van der Waals surface area contributed by atoms with Gasteiger partial charge in [-0.2, -0.15) is 11.8 Å². The van der Waals surface area contributed by atoms with Crippen LogP contribution in [0.1, 0.15) is 26.1 Å². The second-order valence-corrected chi connectivity index (χ2v) is 6.94. The number of hydrogen-bond acceptors (Lipinski definition) is 4. The first-order chi connectivity index (χ1) is 9.17. The van der Waals surface area contributed by atoms with Crippen molar-refractivity contribution in [2.45, 2.75) is 32.9 Å². The maximum atomic E-state index is 4.27. The second-order valence-electron chi connectivity index (χ2n) is 5.79. The summed E-state index contributed by atoms with van der Waals surface area (Å²) < 4.78 is 2.05. The average Bonchev–Trinajstić information content (AvgIpc) is 2.80. The smallest absolute Gasteiger partial charge is 0.160 e. The fraction of sp³-hybridized carbons (Fsp3) is 0.571. The van der Waals surface area contributed by atoms with Gasteiger partial charge < -0.3 is 5.32 Å². The number of hydrogen-bond donors (Lipinski definition) is 1. The van der Waals surface area contributed by atoms with Crippen LogP contribution in [-0.2, 0) is 6.54 Å². The standard InChI is InChI=1S/C14H20N4S/c1-14(2)6-8-19-10-11(14)15-9-13-17-16-12-5-3-4-7-18(12)13/h3-5,7,11,15H,6,8-10H2,1-2H3. The molecule has 1 atom stereocenters. The van der Waals surface area contributed by atoms with E-state index in [1.165, 1.54) is 17.9 Å². The molecule has 102 valence electrons. The summed E-state index contributed by atoms with van der Waals surface area (Å²) in [4.78, 5) is 0. The molecule has 0 aliphatic carbocycles. The Morgan fingerprint density at radius 3 is 3.16 bits per heavy atom. The van der Waals surface area contributed by atoms with Gasteiger partial charge in [0.25, 0.3) is 0 Å². The Morgan fingerprint density at radius 2 is 2.32 bits per heavy atom. The molecule has 4 nitrogen and oxygen atoms in total. The minimum atomic E-state index is 0.367. The molecular formula is C14H20N4S. The summed E-state index contributed by atoms with van der Waals surface area (Å²) in [6.45, 7) is 5.48. The highest BCUT2D eigenvalue weighted by Crippen LogP contribution is 2.34. The van der Waals surface area contributed by atoms with Gasteiger partial charge in [0.2, 0.25) is 0 Å². The predicted molar refractivity (Wildman–Crippen MR) is 79.3 cm³/mol. The molecule has 0 bridgehead atoms. The molecule has 3 rings (SSSR count). The Balaban J connectivity index is 1.72. The molecule has 1 aliphatic rings. The Hall–Kier alpha value is -1.07. The zero-order valence-corrected chi connectivity index (χ0v) is 12.3. The maximum absolute atomic E-state index is 4.27. The Morgan fingerprint density at radius 1 is 1.42 bits per heavy atom. The zero-order valence-electron chi connectivity index (χ0n) is 11.5. The fourth-order valence-electron chi connectivity index (χ4n) is 2.50. The van der Waals surface area contributed by atoms with Crippen molar-refractivity contribution in [1.29, 1.82) is 0 Å². The van der Waals surface area contributed by atoms with Gasteiger partial charge in [0.15, 0.2) is 11.5 Å². The third kappa shape index (κ3) is 2.62. The molecule has 5 heteroatoms. The first-order valence-corrected chi connectivity index (χ1v) is 7.92. The maximum Gasteiger partial charge on any atom is 0.160 e. The van der Waals surface area contributed by atoms with Crippen LogP contribution < -0.4 is 5.32 Å². The molecule has 1 N–H and O–H groups in total. The van der Waals surface area contributed by atoms with Crippen molar-refractivity contribution in [3.05, 3.63) is 30.2 Å². The van der Waals surface area contributed by atoms with Crippen LogP contribution in [0.3, 0.4) is 0 Å². The van der Waals surface area contributed by atoms with E-state index in [0.717, 1.165) is 18.0 Å². The van der Waals surface area contributed by atoms with Gasteiger partial charge in [-0.3, -0.25) is 4.40 Å². The van der Waals surface area contributed by atoms with Gasteiger partial charge in [-0.05, 0) is 29.7 Å². The van der Waals surface area contributed by atoms with E-state index in [0.29, 0.717) is 11.5 Å². The molecule has 0 radical (unpaired) electrons. The van der Waals surface area contributed by atoms with Crippen molar-refractivity contribution in [2.24, 2.45) is 5.41 Å². The molecular weight excluding hydrogens is 256 g/mol. The molecule has 2 aromatic rings. The van der Waals surface area contributed by atoms with E-state index in [-0.39, 0.29) is 0 Å². The largest absolute Gasteiger partial charge is 0.306 e. The molecule has 3 heterocycles. The number of nitrogens with one attached hydrogen (secondary N) is 1. The third-order valence-corrected chi connectivity index (χ3v) is 5.07. The third-order valence-electron chi connectivity index (χ3n) is 4.01. The van der Waals surface area contributed by atoms with Gasteiger partial charge in [0.1, 0.15) is 0 Å². The topological polar surface area (TPSA) is 42.2 Å². The van der Waals surface area contributed by atoms with Crippen LogP contribution in [0.4, 0.5) is 0 Å². The van der Waals surface area contributed by atoms with Crippen LogP contribution in [0.15, 0.2) is 24.4 Å². The lowest BCUT2D eigenvalue weighted by atomic mass is 9.82. The van der Waals surface area contributed by atoms with Crippen LogP contribution in [0.25, 0.3) is 5.65 Å². The summed E-state index contributed by atoms with van der Waals surface area (Å²) in [6, 6.07) is 6.53. The summed E-state index contributed by atoms with van der Waals surface area (Å²) in [7, 11) is 0. The lowest BCUT2D eigenvalue weighted by Crippen LogP contribution is -2.46. The highest BCUT2D eigenvalue weighted by Gasteiger charge is 2.32. The van der Waals surface area contributed by atoms with Crippen LogP contribution in [0, 0.1) is 5.41 Å². The molecule has 0 amide bonds. The van der Waals surface area contributed by atoms with Crippen molar-refractivity contribution < 1.29 is 0 Å². The number of fused-ring (bicyclic) bond motifs is 1. The zero-order chi connectivity index (χ0) is 13.3. The second kappa shape index (κ2) is 5.13. The highest BCUT2D eigenvalue weighted by atomic mass is 32.2. The van der Waals surface area contributed by atoms with Crippen molar-refractivity contribution in [2.75, 3.05) is 11.5 Å². The van der Waals surface area contributed by atoms with E-state index in [1.54, 1.807) is 0 Å². The van der Waals surface area contributed by atoms with Crippen molar-refractivity contribution in [3.63, 3.8) is 0 Å². The van der Waals surface area contributed by atoms with E-state index >= 15 is 0 Å². The first-order valence-electron chi connectivity index (χ1n) is 6.76. The molecule has 19 heavy (non-hydrogen) atoms. The van der Waals surface area contributed by atoms with E-state index in [2.05, 4.69) is 33.8 Å². The quantitative estimate of drug-likeness (QED) is 0.934. The number of nitrogens with zero attached hydrogens (tertiary/aromatic N) is 3. The lowest BCUT2D eigenvalue weighted by Gasteiger charge is -2.38. The van der Waals surface area contributed by atoms with E-state index in [4.69, 9.17) is 0 Å². The Labute approximate surface area is 118 Å². The van der Waals surface area contributed by atoms with Crippen LogP contribution in [-0.4, -0.2) is 32.1 Å². The van der Waals surface area contributed by atoms with Crippen molar-refractivity contribution in [3.8, 4) is 0 Å². The van der Waals surface area contributed by atoms with Crippen molar-refractivity contribution in [1.82, 2.24) is 19.9 Å². The molecule has 1 unspecified atom stereocenters. The minimum Gasteiger partial charge on any atom is -0.306 e. The molecule has 1 aliphatic heterocycles. The van der Waals surface area contributed by atoms with Gasteiger partial charge in [0, 0.05) is 18.0 Å². The van der Waals surface area contributed by atoms with Gasteiger partial charge in [0.05, 0.1) is 6.54 Å². The normalized spacial score (nSPS) is 22.7. The van der Waals surface area contributed by atoms with Gasteiger partial charge in [-0.15, -0.1) is 10.2 Å². The number of thioether (sulfide) groups is 1. The molecule has 0 spiro atoms. The molecule has 1 fully saturated rings. The average molecular weight is 276 g/mol. The Kier molecular flexibility index (Phi) is 3.50. The SMILES string of the molecule is CC1(C)CCSCC1NCc1nnc2ccccn12. The van der Waals surface area contributed by atoms with Crippen LogP contribution >= 0.6 is 11.8 Å². The lowest BCUT2D eigenvalue weighted by molar-refractivity contribution is 0.243. The van der Waals surface area contributed by atoms with Gasteiger partial charge in [-0.1, -0.05) is 19.9 Å². The molecule has 0 aromatic carbocycles. The summed E-state index contributed by atoms with van der Waals surface area (Å²) in [5, 5.41) is 12.1. The van der Waals surface area contributed by atoms with Crippen molar-refractivity contribution >= 4 is 17.4 Å². The number of rotatable bonds is 3. The molecule has 2 aromatic heterocycles. The van der Waals surface area contributed by atoms with Crippen LogP contribution in [0.2, 0.25) is 0 Å². The van der Waals surface area contributed by atoms with Gasteiger partial charge >= 0.3 is 0 Å². The Bertz CT molecular complexity index is 563. The molecule has 1 saturated heterocycles. The summed E-state index contributed by atoms with van der Waals surface area (Å²) >= 11 is 2.04. The molecule has 0 saturated carbocycles. The predicted octanol–water partition coefficient (Wildman–Crippen LogP) is 2.35. The van der Waals surface area contributed by atoms with Crippen LogP contribution in [0.5, 0.6) is 0 Å². The number of pyridine rings is 1. The van der Waals surface area contributed by atoms with E-state index < -0.39 is 0 Å². The highest BCUT2D eigenvalue weighted by molar-refractivity contribution is 7.99.